The van der Waals surface area contributed by atoms with Gasteiger partial charge in [0.15, 0.2) is 17.9 Å². The molecule has 0 atom stereocenters. The van der Waals surface area contributed by atoms with Crippen LogP contribution in [0.3, 0.4) is 0 Å². The molecule has 2 aliphatic heterocycles. The summed E-state index contributed by atoms with van der Waals surface area (Å²) < 4.78 is 23.4. The Hall–Kier alpha value is -0.000130. The summed E-state index contributed by atoms with van der Waals surface area (Å²) in [7, 11) is 7.14. The zero-order valence-corrected chi connectivity index (χ0v) is 8.83. The zero-order chi connectivity index (χ0) is 10.4. The van der Waals surface area contributed by atoms with Crippen LogP contribution in [0.1, 0.15) is 12.8 Å². The molecule has 0 aromatic rings. The van der Waals surface area contributed by atoms with Crippen molar-refractivity contribution in [2.24, 2.45) is 5.41 Å². The Balaban J connectivity index is 1.93. The van der Waals surface area contributed by atoms with E-state index in [2.05, 4.69) is 0 Å². The van der Waals surface area contributed by atoms with Gasteiger partial charge >= 0.3 is 0 Å². The van der Waals surface area contributed by atoms with Gasteiger partial charge in [0, 0.05) is 13.1 Å². The first-order valence-electron chi connectivity index (χ1n) is 4.69. The third-order valence-corrected chi connectivity index (χ3v) is 4.30. The van der Waals surface area contributed by atoms with E-state index in [0.717, 1.165) is 25.9 Å². The summed E-state index contributed by atoms with van der Waals surface area (Å²) in [5, 5.41) is 0. The minimum atomic E-state index is -3.49. The van der Waals surface area contributed by atoms with Crippen LogP contribution in [0.4, 0.5) is 0 Å². The Morgan fingerprint density at radius 1 is 1.14 bits per heavy atom. The van der Waals surface area contributed by atoms with Gasteiger partial charge in [-0.15, -0.1) is 0 Å². The van der Waals surface area contributed by atoms with Crippen molar-refractivity contribution in [3.05, 3.63) is 0 Å². The first-order chi connectivity index (χ1) is 6.41. The molecule has 0 N–H and O–H groups in total. The molecule has 0 amide bonds. The van der Waals surface area contributed by atoms with Crippen LogP contribution in [-0.2, 0) is 9.87 Å². The summed E-state index contributed by atoms with van der Waals surface area (Å²) in [5.41, 5.74) is 0.260. The van der Waals surface area contributed by atoms with Crippen LogP contribution < -0.4 is 0 Å². The Kier molecular flexibility index (Phi) is 2.44. The summed E-state index contributed by atoms with van der Waals surface area (Å²) >= 11 is 0. The quantitative estimate of drug-likeness (QED) is 0.514. The van der Waals surface area contributed by atoms with Crippen molar-refractivity contribution in [2.75, 3.05) is 26.2 Å². The van der Waals surface area contributed by atoms with E-state index < -0.39 is 9.87 Å². The second-order valence-corrected chi connectivity index (χ2v) is 5.90. The van der Waals surface area contributed by atoms with Crippen LogP contribution in [0.15, 0.2) is 0 Å². The summed E-state index contributed by atoms with van der Waals surface area (Å²) in [6, 6.07) is 0. The van der Waals surface area contributed by atoms with E-state index in [9.17, 15) is 8.42 Å². The van der Waals surface area contributed by atoms with E-state index in [1.807, 2.05) is 0 Å². The monoisotopic (exact) mass is 210 g/mol. The minimum absolute atomic E-state index is 0.260. The third kappa shape index (κ3) is 1.85. The maximum absolute atomic E-state index is 11.0. The topological polar surface area (TPSA) is 40.6 Å². The van der Waals surface area contributed by atoms with E-state index in [1.165, 1.54) is 4.31 Å². The van der Waals surface area contributed by atoms with Crippen molar-refractivity contribution < 1.29 is 8.42 Å². The molecule has 4 radical (unpaired) electrons. The smallest absolute Gasteiger partial charge is 0.278 e. The van der Waals surface area contributed by atoms with Gasteiger partial charge in [0.25, 0.3) is 7.12 Å². The molecular weight excluding hydrogens is 198 g/mol. The lowest BCUT2D eigenvalue weighted by molar-refractivity contribution is 0.0211. The first-order valence-corrected chi connectivity index (χ1v) is 6.19. The molecule has 2 heterocycles. The summed E-state index contributed by atoms with van der Waals surface area (Å²) in [6.07, 6.45) is 1.74. The van der Waals surface area contributed by atoms with Crippen LogP contribution in [0.2, 0.25) is 0 Å². The van der Waals surface area contributed by atoms with Crippen molar-refractivity contribution in [3.8, 4) is 0 Å². The lowest BCUT2D eigenvalue weighted by atomic mass is 9.71. The average molecular weight is 210 g/mol. The Bertz CT molecular complexity index is 317. The van der Waals surface area contributed by atoms with E-state index in [1.54, 1.807) is 4.81 Å². The molecule has 74 valence electrons. The highest BCUT2D eigenvalue weighted by molar-refractivity contribution is 8.10. The SMILES string of the molecule is [B]N1CC2(CCN(S([B])(=O)=O)CC2)C1. The Morgan fingerprint density at radius 3 is 2.00 bits per heavy atom. The van der Waals surface area contributed by atoms with Gasteiger partial charge in [0.05, 0.1) is 0 Å². The van der Waals surface area contributed by atoms with Crippen molar-refractivity contribution in [1.29, 1.82) is 0 Å². The molecule has 0 aromatic carbocycles. The van der Waals surface area contributed by atoms with Gasteiger partial charge in [-0.1, -0.05) is 0 Å². The molecule has 0 aromatic heterocycles. The van der Waals surface area contributed by atoms with Gasteiger partial charge in [0.2, 0.25) is 0 Å². The van der Waals surface area contributed by atoms with Crippen molar-refractivity contribution in [2.45, 2.75) is 12.8 Å². The molecule has 2 rings (SSSR count). The predicted octanol–water partition coefficient (Wildman–Crippen LogP) is -1.12. The molecule has 0 aliphatic carbocycles. The predicted molar refractivity (Wildman–Crippen MR) is 55.2 cm³/mol. The van der Waals surface area contributed by atoms with E-state index in [0.29, 0.717) is 13.1 Å². The molecule has 2 fully saturated rings. The Labute approximate surface area is 87.4 Å². The van der Waals surface area contributed by atoms with E-state index >= 15 is 0 Å². The molecule has 14 heavy (non-hydrogen) atoms. The zero-order valence-electron chi connectivity index (χ0n) is 8.02. The fourth-order valence-corrected chi connectivity index (χ4v) is 3.04. The average Bonchev–Trinajstić information content (AvgIpc) is 2.01. The fourth-order valence-electron chi connectivity index (χ4n) is 2.35. The van der Waals surface area contributed by atoms with Crippen LogP contribution in [-0.4, -0.2) is 58.8 Å². The number of piperidine rings is 1. The lowest BCUT2D eigenvalue weighted by Gasteiger charge is -2.53. The second kappa shape index (κ2) is 3.25. The van der Waals surface area contributed by atoms with Gasteiger partial charge in [-0.05, 0) is 31.3 Å². The molecular formula is C7H12B2N2O2S. The van der Waals surface area contributed by atoms with Gasteiger partial charge in [-0.25, -0.2) is 12.7 Å². The largest absolute Gasteiger partial charge is 0.352 e. The second-order valence-electron chi connectivity index (χ2n) is 4.35. The number of nitrogens with zero attached hydrogens (tertiary/aromatic N) is 2. The number of hydrogen-bond donors (Lipinski definition) is 0. The van der Waals surface area contributed by atoms with Crippen molar-refractivity contribution >= 4 is 25.0 Å². The standard InChI is InChI=1S/C7H12B2N2O2S/c8-10-5-7(6-10)1-3-11(4-2-7)14(9,12)13/h1-6H2. The van der Waals surface area contributed by atoms with Crippen LogP contribution in [0, 0.1) is 5.41 Å². The van der Waals surface area contributed by atoms with Crippen molar-refractivity contribution in [3.63, 3.8) is 0 Å². The first kappa shape index (κ1) is 10.5. The molecule has 0 bridgehead atoms. The van der Waals surface area contributed by atoms with E-state index in [-0.39, 0.29) is 5.41 Å². The molecule has 4 nitrogen and oxygen atoms in total. The fraction of sp³-hybridized carbons (Fsp3) is 1.00. The summed E-state index contributed by atoms with van der Waals surface area (Å²) in [6.45, 7) is 2.83. The third-order valence-electron chi connectivity index (χ3n) is 3.22. The maximum Gasteiger partial charge on any atom is 0.278 e. The molecule has 0 saturated carbocycles. The molecule has 7 heteroatoms. The highest BCUT2D eigenvalue weighted by Crippen LogP contribution is 2.39. The van der Waals surface area contributed by atoms with Gasteiger partial charge in [0.1, 0.15) is 0 Å². The molecule has 1 spiro atoms. The van der Waals surface area contributed by atoms with Crippen LogP contribution >= 0.6 is 0 Å². The maximum atomic E-state index is 11.0. The highest BCUT2D eigenvalue weighted by Gasteiger charge is 2.43. The van der Waals surface area contributed by atoms with E-state index in [4.69, 9.17) is 15.1 Å². The van der Waals surface area contributed by atoms with Crippen LogP contribution in [0.25, 0.3) is 0 Å². The number of hydrogen-bond acceptors (Lipinski definition) is 3. The summed E-state index contributed by atoms with van der Waals surface area (Å²) in [5.74, 6) is 0. The Morgan fingerprint density at radius 2 is 1.64 bits per heavy atom. The molecule has 2 saturated heterocycles. The molecule has 2 aliphatic rings. The normalized spacial score (nSPS) is 28.9. The lowest BCUT2D eigenvalue weighted by Crippen LogP contribution is -2.59. The van der Waals surface area contributed by atoms with Crippen molar-refractivity contribution in [1.82, 2.24) is 9.12 Å². The van der Waals surface area contributed by atoms with Gasteiger partial charge < -0.3 is 4.81 Å². The molecule has 0 unspecified atom stereocenters. The number of rotatable bonds is 1. The van der Waals surface area contributed by atoms with Crippen LogP contribution in [0.5, 0.6) is 0 Å². The summed E-state index contributed by atoms with van der Waals surface area (Å²) in [4.78, 5) is 1.77. The van der Waals surface area contributed by atoms with Gasteiger partial charge in [-0.3, -0.25) is 0 Å². The minimum Gasteiger partial charge on any atom is -0.352 e. The van der Waals surface area contributed by atoms with Gasteiger partial charge in [-0.2, -0.15) is 0 Å². The highest BCUT2D eigenvalue weighted by atomic mass is 32.2.